The first-order valence-corrected chi connectivity index (χ1v) is 5.66. The molecule has 2 N–H and O–H groups in total. The van der Waals surface area contributed by atoms with E-state index in [-0.39, 0.29) is 18.3 Å². The molecule has 1 aliphatic heterocycles. The predicted octanol–water partition coefficient (Wildman–Crippen LogP) is 1.73. The van der Waals surface area contributed by atoms with Crippen LogP contribution < -0.4 is 5.32 Å². The number of pyridine rings is 1. The molecule has 94 valence electrons. The number of carbonyl (C=O) groups is 1. The van der Waals surface area contributed by atoms with Gasteiger partial charge in [0.2, 0.25) is 0 Å². The summed E-state index contributed by atoms with van der Waals surface area (Å²) < 4.78 is 0. The fraction of sp³-hybridized carbons (Fsp3) is 0.231. The molecule has 0 fully saturated rings. The fourth-order valence-electron chi connectivity index (χ4n) is 1.84. The molecule has 1 aromatic heterocycles. The zero-order valence-electron chi connectivity index (χ0n) is 9.97. The number of urea groups is 1. The SMILES string of the molecule is C=C/C=C(\O)CNC(=O)N1Cc2ccncc2C1. The lowest BCUT2D eigenvalue weighted by atomic mass is 10.2. The van der Waals surface area contributed by atoms with Crippen LogP contribution >= 0.6 is 0 Å². The van der Waals surface area contributed by atoms with Gasteiger partial charge in [0, 0.05) is 25.5 Å². The zero-order chi connectivity index (χ0) is 13.0. The van der Waals surface area contributed by atoms with Crippen molar-refractivity contribution in [3.63, 3.8) is 0 Å². The highest BCUT2D eigenvalue weighted by atomic mass is 16.3. The van der Waals surface area contributed by atoms with E-state index in [1.54, 1.807) is 17.3 Å². The standard InChI is InChI=1S/C13H15N3O2/c1-2-3-12(17)7-15-13(18)16-8-10-4-5-14-6-11(10)9-16/h2-6,17H,1,7-9H2,(H,15,18)/b12-3-. The summed E-state index contributed by atoms with van der Waals surface area (Å²) in [5.74, 6) is 0.0803. The van der Waals surface area contributed by atoms with Gasteiger partial charge in [-0.1, -0.05) is 12.7 Å². The minimum absolute atomic E-state index is 0.0803. The second-order valence-electron chi connectivity index (χ2n) is 4.05. The van der Waals surface area contributed by atoms with Gasteiger partial charge in [0.25, 0.3) is 0 Å². The number of allylic oxidation sites excluding steroid dienone is 2. The van der Waals surface area contributed by atoms with Gasteiger partial charge in [-0.05, 0) is 23.3 Å². The summed E-state index contributed by atoms with van der Waals surface area (Å²) in [5.41, 5.74) is 2.18. The van der Waals surface area contributed by atoms with Crippen molar-refractivity contribution in [3.05, 3.63) is 54.1 Å². The van der Waals surface area contributed by atoms with Crippen molar-refractivity contribution in [3.8, 4) is 0 Å². The van der Waals surface area contributed by atoms with E-state index >= 15 is 0 Å². The summed E-state index contributed by atoms with van der Waals surface area (Å²) in [6, 6.07) is 1.72. The van der Waals surface area contributed by atoms with Gasteiger partial charge in [0.05, 0.1) is 6.54 Å². The molecule has 1 aliphatic rings. The Bertz CT molecular complexity index is 472. The molecule has 1 aromatic rings. The largest absolute Gasteiger partial charge is 0.510 e. The molecule has 18 heavy (non-hydrogen) atoms. The van der Waals surface area contributed by atoms with E-state index in [1.807, 2.05) is 6.07 Å². The molecule has 0 bridgehead atoms. The molecule has 2 heterocycles. The van der Waals surface area contributed by atoms with Gasteiger partial charge in [-0.2, -0.15) is 0 Å². The van der Waals surface area contributed by atoms with Crippen molar-refractivity contribution in [1.29, 1.82) is 0 Å². The third-order valence-electron chi connectivity index (χ3n) is 2.75. The monoisotopic (exact) mass is 245 g/mol. The number of hydrogen-bond acceptors (Lipinski definition) is 3. The lowest BCUT2D eigenvalue weighted by molar-refractivity contribution is 0.197. The van der Waals surface area contributed by atoms with Crippen LogP contribution in [0.3, 0.4) is 0 Å². The van der Waals surface area contributed by atoms with Gasteiger partial charge in [-0.25, -0.2) is 4.79 Å². The average Bonchev–Trinajstić information content (AvgIpc) is 2.80. The summed E-state index contributed by atoms with van der Waals surface area (Å²) in [7, 11) is 0. The van der Waals surface area contributed by atoms with E-state index in [1.165, 1.54) is 12.2 Å². The predicted molar refractivity (Wildman–Crippen MR) is 67.8 cm³/mol. The average molecular weight is 245 g/mol. The Labute approximate surface area is 105 Å². The maximum atomic E-state index is 11.9. The van der Waals surface area contributed by atoms with Crippen LogP contribution in [-0.4, -0.2) is 27.6 Å². The van der Waals surface area contributed by atoms with E-state index in [2.05, 4.69) is 16.9 Å². The minimum Gasteiger partial charge on any atom is -0.510 e. The van der Waals surface area contributed by atoms with E-state index in [9.17, 15) is 9.90 Å². The number of amides is 2. The fourth-order valence-corrected chi connectivity index (χ4v) is 1.84. The molecule has 0 radical (unpaired) electrons. The Morgan fingerprint density at radius 2 is 2.33 bits per heavy atom. The van der Waals surface area contributed by atoms with Crippen LogP contribution in [-0.2, 0) is 13.1 Å². The highest BCUT2D eigenvalue weighted by molar-refractivity contribution is 5.75. The van der Waals surface area contributed by atoms with Crippen molar-refractivity contribution in [1.82, 2.24) is 15.2 Å². The third kappa shape index (κ3) is 2.68. The lowest BCUT2D eigenvalue weighted by Gasteiger charge is -2.16. The summed E-state index contributed by atoms with van der Waals surface area (Å²) >= 11 is 0. The molecule has 0 saturated carbocycles. The zero-order valence-corrected chi connectivity index (χ0v) is 9.97. The molecule has 5 heteroatoms. The number of nitrogens with one attached hydrogen (secondary N) is 1. The van der Waals surface area contributed by atoms with Crippen LogP contribution in [0.5, 0.6) is 0 Å². The van der Waals surface area contributed by atoms with Gasteiger partial charge in [-0.3, -0.25) is 4.98 Å². The van der Waals surface area contributed by atoms with Crippen molar-refractivity contribution >= 4 is 6.03 Å². The Balaban J connectivity index is 1.90. The molecule has 2 amide bonds. The number of hydrogen-bond donors (Lipinski definition) is 2. The van der Waals surface area contributed by atoms with Crippen molar-refractivity contribution in [2.45, 2.75) is 13.1 Å². The second kappa shape index (κ2) is 5.35. The Kier molecular flexibility index (Phi) is 3.62. The van der Waals surface area contributed by atoms with Crippen molar-refractivity contribution in [2.24, 2.45) is 0 Å². The van der Waals surface area contributed by atoms with Crippen LogP contribution in [0.2, 0.25) is 0 Å². The molecule has 0 atom stereocenters. The molecular formula is C13H15N3O2. The van der Waals surface area contributed by atoms with Gasteiger partial charge < -0.3 is 15.3 Å². The second-order valence-corrected chi connectivity index (χ2v) is 4.05. The summed E-state index contributed by atoms with van der Waals surface area (Å²) in [6.45, 7) is 4.71. The van der Waals surface area contributed by atoms with Crippen LogP contribution in [0.4, 0.5) is 4.79 Å². The van der Waals surface area contributed by atoms with Gasteiger partial charge in [0.1, 0.15) is 5.76 Å². The maximum absolute atomic E-state index is 11.9. The van der Waals surface area contributed by atoms with Crippen LogP contribution in [0.1, 0.15) is 11.1 Å². The Morgan fingerprint density at radius 1 is 1.56 bits per heavy atom. The molecule has 5 nitrogen and oxygen atoms in total. The van der Waals surface area contributed by atoms with Crippen LogP contribution in [0.15, 0.2) is 43.0 Å². The summed E-state index contributed by atoms with van der Waals surface area (Å²) in [5, 5.41) is 12.0. The van der Waals surface area contributed by atoms with E-state index < -0.39 is 0 Å². The highest BCUT2D eigenvalue weighted by Gasteiger charge is 2.22. The summed E-state index contributed by atoms with van der Waals surface area (Å²) in [6.07, 6.45) is 6.42. The number of aliphatic hydroxyl groups is 1. The van der Waals surface area contributed by atoms with Crippen molar-refractivity contribution in [2.75, 3.05) is 6.54 Å². The van der Waals surface area contributed by atoms with Crippen LogP contribution in [0, 0.1) is 0 Å². The molecule has 0 spiro atoms. The first kappa shape index (κ1) is 12.2. The van der Waals surface area contributed by atoms with Gasteiger partial charge >= 0.3 is 6.03 Å². The number of aliphatic hydroxyl groups excluding tert-OH is 1. The van der Waals surface area contributed by atoms with E-state index in [0.717, 1.165) is 11.1 Å². The van der Waals surface area contributed by atoms with E-state index in [0.29, 0.717) is 13.1 Å². The number of fused-ring (bicyclic) bond motifs is 1. The molecule has 0 unspecified atom stereocenters. The summed E-state index contributed by atoms with van der Waals surface area (Å²) in [4.78, 5) is 17.6. The maximum Gasteiger partial charge on any atom is 0.318 e. The van der Waals surface area contributed by atoms with Crippen molar-refractivity contribution < 1.29 is 9.90 Å². The van der Waals surface area contributed by atoms with Gasteiger partial charge in [0.15, 0.2) is 0 Å². The number of aromatic nitrogens is 1. The molecule has 2 rings (SSSR count). The number of carbonyl (C=O) groups excluding carboxylic acids is 1. The van der Waals surface area contributed by atoms with E-state index in [4.69, 9.17) is 0 Å². The molecule has 0 aromatic carbocycles. The number of nitrogens with zero attached hydrogens (tertiary/aromatic N) is 2. The smallest absolute Gasteiger partial charge is 0.318 e. The first-order valence-electron chi connectivity index (χ1n) is 5.66. The molecular weight excluding hydrogens is 230 g/mol. The minimum atomic E-state index is -0.199. The molecule has 0 aliphatic carbocycles. The normalized spacial score (nSPS) is 14.2. The first-order chi connectivity index (χ1) is 8.70. The number of rotatable bonds is 3. The lowest BCUT2D eigenvalue weighted by Crippen LogP contribution is -2.37. The van der Waals surface area contributed by atoms with Gasteiger partial charge in [-0.15, -0.1) is 0 Å². The Hall–Kier alpha value is -2.30. The third-order valence-corrected chi connectivity index (χ3v) is 2.75. The highest BCUT2D eigenvalue weighted by Crippen LogP contribution is 2.20. The molecule has 0 saturated heterocycles. The van der Waals surface area contributed by atoms with Crippen LogP contribution in [0.25, 0.3) is 0 Å². The quantitative estimate of drug-likeness (QED) is 0.629. The Morgan fingerprint density at radius 3 is 3.06 bits per heavy atom. The topological polar surface area (TPSA) is 65.5 Å².